The highest BCUT2D eigenvalue weighted by atomic mass is 16.6. The summed E-state index contributed by atoms with van der Waals surface area (Å²) in [4.78, 5) is 26.4. The maximum atomic E-state index is 11.9. The lowest BCUT2D eigenvalue weighted by Crippen LogP contribution is -2.50. The van der Waals surface area contributed by atoms with Crippen LogP contribution in [-0.4, -0.2) is 58.2 Å². The quantitative estimate of drug-likeness (QED) is 0.648. The van der Waals surface area contributed by atoms with E-state index in [-0.39, 0.29) is 18.3 Å². The van der Waals surface area contributed by atoms with Crippen LogP contribution < -0.4 is 4.74 Å². The van der Waals surface area contributed by atoms with Crippen LogP contribution in [0.1, 0.15) is 31.2 Å². The zero-order valence-corrected chi connectivity index (χ0v) is 14.4. The molecular weight excluding hydrogens is 326 g/mol. The largest absolute Gasteiger partial charge is 0.497 e. The van der Waals surface area contributed by atoms with E-state index in [1.165, 1.54) is 24.1 Å². The molecule has 2 heterocycles. The second-order valence-corrected chi connectivity index (χ2v) is 6.84. The molecule has 136 valence electrons. The molecular formula is C17H23N3O5. The lowest BCUT2D eigenvalue weighted by atomic mass is 9.96. The van der Waals surface area contributed by atoms with Crippen molar-refractivity contribution < 1.29 is 19.6 Å². The van der Waals surface area contributed by atoms with Crippen molar-refractivity contribution in [3.63, 3.8) is 0 Å². The average molecular weight is 349 g/mol. The van der Waals surface area contributed by atoms with Crippen molar-refractivity contribution in [3.8, 4) is 5.75 Å². The molecule has 1 amide bonds. The van der Waals surface area contributed by atoms with Crippen molar-refractivity contribution in [2.75, 3.05) is 14.2 Å². The van der Waals surface area contributed by atoms with E-state index in [2.05, 4.69) is 11.9 Å². The number of amides is 1. The molecule has 2 atom stereocenters. The summed E-state index contributed by atoms with van der Waals surface area (Å²) in [6.07, 6.45) is 2.69. The van der Waals surface area contributed by atoms with E-state index in [1.807, 2.05) is 0 Å². The Morgan fingerprint density at radius 1 is 1.40 bits per heavy atom. The van der Waals surface area contributed by atoms with Crippen molar-refractivity contribution in [1.29, 1.82) is 0 Å². The molecule has 8 heteroatoms. The fourth-order valence-corrected chi connectivity index (χ4v) is 4.17. The molecule has 1 aromatic rings. The van der Waals surface area contributed by atoms with Crippen LogP contribution in [0.25, 0.3) is 0 Å². The van der Waals surface area contributed by atoms with E-state index < -0.39 is 11.0 Å². The molecule has 1 N–H and O–H groups in total. The van der Waals surface area contributed by atoms with Gasteiger partial charge in [-0.25, -0.2) is 4.79 Å². The monoisotopic (exact) mass is 349 g/mol. The predicted octanol–water partition coefficient (Wildman–Crippen LogP) is 2.71. The maximum absolute atomic E-state index is 11.9. The van der Waals surface area contributed by atoms with Crippen LogP contribution in [0.3, 0.4) is 0 Å². The molecule has 2 aliphatic heterocycles. The van der Waals surface area contributed by atoms with Crippen LogP contribution in [0.2, 0.25) is 0 Å². The number of nitrogens with zero attached hydrogens (tertiary/aromatic N) is 3. The Kier molecular flexibility index (Phi) is 4.80. The number of nitro groups is 1. The number of carboxylic acid groups (broad SMARTS) is 1. The molecule has 2 unspecified atom stereocenters. The number of ether oxygens (including phenoxy) is 1. The third kappa shape index (κ3) is 3.39. The van der Waals surface area contributed by atoms with Crippen molar-refractivity contribution in [1.82, 2.24) is 9.80 Å². The summed E-state index contributed by atoms with van der Waals surface area (Å²) >= 11 is 0. The number of carbonyl (C=O) groups is 1. The Morgan fingerprint density at radius 2 is 2.04 bits per heavy atom. The highest BCUT2D eigenvalue weighted by Gasteiger charge is 2.41. The van der Waals surface area contributed by atoms with Gasteiger partial charge in [-0.2, -0.15) is 0 Å². The van der Waals surface area contributed by atoms with Crippen LogP contribution in [0.5, 0.6) is 5.75 Å². The van der Waals surface area contributed by atoms with Gasteiger partial charge in [0.05, 0.1) is 24.1 Å². The van der Waals surface area contributed by atoms with Crippen molar-refractivity contribution in [3.05, 3.63) is 33.9 Å². The number of fused-ring (bicyclic) bond motifs is 2. The minimum Gasteiger partial charge on any atom is -0.497 e. The van der Waals surface area contributed by atoms with Crippen LogP contribution in [0.4, 0.5) is 10.5 Å². The third-order valence-electron chi connectivity index (χ3n) is 5.58. The fraction of sp³-hybridized carbons (Fsp3) is 0.588. The molecule has 2 fully saturated rings. The topological polar surface area (TPSA) is 96.2 Å². The summed E-state index contributed by atoms with van der Waals surface area (Å²) in [6, 6.07) is 5.11. The SMILES string of the molecule is COc1ccc([N+](=O)[O-])c(CN(C(=O)O)C2CC3CCC(C2)N3C)c1. The minimum atomic E-state index is -1.04. The lowest BCUT2D eigenvalue weighted by Gasteiger charge is -2.40. The second-order valence-electron chi connectivity index (χ2n) is 6.84. The molecule has 0 aliphatic carbocycles. The van der Waals surface area contributed by atoms with E-state index in [1.54, 1.807) is 6.07 Å². The average Bonchev–Trinajstić information content (AvgIpc) is 2.80. The summed E-state index contributed by atoms with van der Waals surface area (Å²) in [5.74, 6) is 0.481. The van der Waals surface area contributed by atoms with Gasteiger partial charge in [0.1, 0.15) is 5.75 Å². The van der Waals surface area contributed by atoms with Gasteiger partial charge in [-0.15, -0.1) is 0 Å². The van der Waals surface area contributed by atoms with Gasteiger partial charge in [-0.05, 0) is 44.9 Å². The van der Waals surface area contributed by atoms with Gasteiger partial charge in [0, 0.05) is 24.2 Å². The molecule has 0 aromatic heterocycles. The molecule has 0 saturated carbocycles. The molecule has 3 rings (SSSR count). The highest BCUT2D eigenvalue weighted by molar-refractivity contribution is 5.66. The van der Waals surface area contributed by atoms with E-state index in [0.717, 1.165) is 25.7 Å². The van der Waals surface area contributed by atoms with Gasteiger partial charge in [-0.3, -0.25) is 10.1 Å². The first-order valence-corrected chi connectivity index (χ1v) is 8.43. The summed E-state index contributed by atoms with van der Waals surface area (Å²) < 4.78 is 5.14. The summed E-state index contributed by atoms with van der Waals surface area (Å²) in [6.45, 7) is -0.00331. The third-order valence-corrected chi connectivity index (χ3v) is 5.58. The van der Waals surface area contributed by atoms with E-state index in [4.69, 9.17) is 4.74 Å². The standard InChI is InChI=1S/C17H23N3O5/c1-18-12-3-4-13(18)9-14(8-12)19(17(21)22)10-11-7-15(25-2)5-6-16(11)20(23)24/h5-7,12-14H,3-4,8-10H2,1-2H3,(H,21,22). The molecule has 8 nitrogen and oxygen atoms in total. The summed E-state index contributed by atoms with van der Waals surface area (Å²) in [7, 11) is 3.57. The van der Waals surface area contributed by atoms with Gasteiger partial charge < -0.3 is 19.6 Å². The van der Waals surface area contributed by atoms with E-state index in [9.17, 15) is 20.0 Å². The van der Waals surface area contributed by atoms with Gasteiger partial charge in [-0.1, -0.05) is 0 Å². The zero-order chi connectivity index (χ0) is 18.1. The molecule has 0 spiro atoms. The minimum absolute atomic E-state index is 0.00331. The molecule has 1 aromatic carbocycles. The van der Waals surface area contributed by atoms with Crippen LogP contribution in [-0.2, 0) is 6.54 Å². The first kappa shape index (κ1) is 17.5. The number of piperidine rings is 1. The van der Waals surface area contributed by atoms with Gasteiger partial charge >= 0.3 is 6.09 Å². The van der Waals surface area contributed by atoms with Gasteiger partial charge in [0.25, 0.3) is 5.69 Å². The normalized spacial score (nSPS) is 25.6. The summed E-state index contributed by atoms with van der Waals surface area (Å²) in [5.41, 5.74) is 0.279. The number of hydrogen-bond donors (Lipinski definition) is 1. The Bertz CT molecular complexity index is 666. The Balaban J connectivity index is 1.86. The molecule has 2 bridgehead atoms. The molecule has 0 radical (unpaired) electrons. The number of nitro benzene ring substituents is 1. The van der Waals surface area contributed by atoms with Gasteiger partial charge in [0.15, 0.2) is 0 Å². The second kappa shape index (κ2) is 6.87. The molecule has 2 saturated heterocycles. The van der Waals surface area contributed by atoms with Crippen LogP contribution >= 0.6 is 0 Å². The molecule has 2 aliphatic rings. The first-order valence-electron chi connectivity index (χ1n) is 8.43. The number of methoxy groups -OCH3 is 1. The number of rotatable bonds is 5. The fourth-order valence-electron chi connectivity index (χ4n) is 4.17. The predicted molar refractivity (Wildman–Crippen MR) is 90.8 cm³/mol. The van der Waals surface area contributed by atoms with Crippen molar-refractivity contribution in [2.24, 2.45) is 0 Å². The maximum Gasteiger partial charge on any atom is 0.407 e. The number of benzene rings is 1. The van der Waals surface area contributed by atoms with E-state index in [0.29, 0.717) is 23.4 Å². The summed E-state index contributed by atoms with van der Waals surface area (Å²) in [5, 5.41) is 21.0. The molecule has 25 heavy (non-hydrogen) atoms. The smallest absolute Gasteiger partial charge is 0.407 e. The zero-order valence-electron chi connectivity index (χ0n) is 14.4. The van der Waals surface area contributed by atoms with Crippen LogP contribution in [0, 0.1) is 10.1 Å². The highest BCUT2D eigenvalue weighted by Crippen LogP contribution is 2.37. The lowest BCUT2D eigenvalue weighted by molar-refractivity contribution is -0.385. The van der Waals surface area contributed by atoms with Crippen molar-refractivity contribution >= 4 is 11.8 Å². The first-order chi connectivity index (χ1) is 11.9. The van der Waals surface area contributed by atoms with Crippen molar-refractivity contribution in [2.45, 2.75) is 50.4 Å². The Hall–Kier alpha value is -2.35. The Labute approximate surface area is 146 Å². The Morgan fingerprint density at radius 3 is 2.56 bits per heavy atom. The number of hydrogen-bond acceptors (Lipinski definition) is 5. The van der Waals surface area contributed by atoms with E-state index >= 15 is 0 Å². The van der Waals surface area contributed by atoms with Crippen LogP contribution in [0.15, 0.2) is 18.2 Å². The van der Waals surface area contributed by atoms with Gasteiger partial charge in [0.2, 0.25) is 0 Å².